The second-order valence-electron chi connectivity index (χ2n) is 19.7. The minimum atomic E-state index is -1.92. The molecule has 8 heteroatoms. The second-order valence-corrected chi connectivity index (χ2v) is 21.8. The molecule has 2 heterocycles. The monoisotopic (exact) mass is 778 g/mol. The van der Waals surface area contributed by atoms with E-state index in [0.29, 0.717) is 12.8 Å². The lowest BCUT2D eigenvalue weighted by Gasteiger charge is -2.31. The van der Waals surface area contributed by atoms with E-state index in [1.807, 2.05) is 0 Å². The van der Waals surface area contributed by atoms with Crippen LogP contribution in [0.5, 0.6) is 23.0 Å². The van der Waals surface area contributed by atoms with Crippen LogP contribution in [0.1, 0.15) is 150 Å². The number of benzene rings is 4. The summed E-state index contributed by atoms with van der Waals surface area (Å²) in [5.74, 6) is 3.28. The van der Waals surface area contributed by atoms with Gasteiger partial charge in [-0.3, -0.25) is 0 Å². The molecule has 0 atom stereocenters. The Morgan fingerprint density at radius 3 is 0.818 bits per heavy atom. The second kappa shape index (κ2) is 14.7. The van der Waals surface area contributed by atoms with E-state index in [0.717, 1.165) is 67.5 Å². The topological polar surface area (TPSA) is 61.6 Å². The molecule has 2 aliphatic heterocycles. The van der Waals surface area contributed by atoms with E-state index in [1.54, 1.807) is 0 Å². The lowest BCUT2D eigenvalue weighted by Crippen LogP contribution is -2.18. The highest BCUT2D eigenvalue weighted by molar-refractivity contribution is 7.47. The Bertz CT molecular complexity index is 1910. The van der Waals surface area contributed by atoms with Crippen molar-refractivity contribution in [3.05, 3.63) is 115 Å². The highest BCUT2D eigenvalue weighted by atomic mass is 31.2. The summed E-state index contributed by atoms with van der Waals surface area (Å²) in [7, 11) is -3.83. The summed E-state index contributed by atoms with van der Waals surface area (Å²) in [5.41, 5.74) is 13.1. The minimum Gasteiger partial charge on any atom is -0.421 e. The fraction of sp³-hybridized carbons (Fsp3) is 0.468. The molecule has 0 N–H and O–H groups in total. The molecular weight excluding hydrogens is 718 g/mol. The molecule has 6 nitrogen and oxygen atoms in total. The molecule has 0 saturated heterocycles. The van der Waals surface area contributed by atoms with E-state index in [4.69, 9.17) is 27.6 Å². The highest BCUT2D eigenvalue weighted by Crippen LogP contribution is 2.54. The third-order valence-electron chi connectivity index (χ3n) is 10.2. The van der Waals surface area contributed by atoms with Crippen LogP contribution in [0.25, 0.3) is 0 Å². The molecule has 0 bridgehead atoms. The van der Waals surface area contributed by atoms with Crippen LogP contribution in [0.15, 0.2) is 58.1 Å². The van der Waals surface area contributed by atoms with Crippen molar-refractivity contribution in [2.45, 2.75) is 145 Å². The number of hydrogen-bond donors (Lipinski definition) is 0. The van der Waals surface area contributed by atoms with Gasteiger partial charge in [0.25, 0.3) is 0 Å². The van der Waals surface area contributed by atoms with E-state index in [-0.39, 0.29) is 21.7 Å². The first-order valence-corrected chi connectivity index (χ1v) is 21.7. The van der Waals surface area contributed by atoms with Crippen molar-refractivity contribution < 1.29 is 18.1 Å². The van der Waals surface area contributed by atoms with Crippen molar-refractivity contribution in [1.29, 1.82) is 0 Å². The van der Waals surface area contributed by atoms with E-state index in [2.05, 4.69) is 165 Å². The van der Waals surface area contributed by atoms with Gasteiger partial charge in [-0.2, -0.15) is 0 Å². The van der Waals surface area contributed by atoms with Crippen molar-refractivity contribution >= 4 is 23.1 Å². The average Bonchev–Trinajstić information content (AvgIpc) is 3.01. The SMILES string of the molecule is Cc1cc2c(c(C(C)(C)C)c1)OP(N=C=NP1Oc3c(cc(C)cc3C(C)(C)C)Cc3cc(C)cc(C(C)(C)C)c3O1)Oc1c(cc(C)cc1C(C)(C)C)C2. The Labute approximate surface area is 333 Å². The summed E-state index contributed by atoms with van der Waals surface area (Å²) in [5, 5.41) is 0. The molecule has 0 aliphatic carbocycles. The molecule has 4 aromatic carbocycles. The third kappa shape index (κ3) is 8.99. The van der Waals surface area contributed by atoms with E-state index in [9.17, 15) is 0 Å². The lowest BCUT2D eigenvalue weighted by molar-refractivity contribution is 0.449. The molecule has 0 saturated carbocycles. The number of hydrogen-bond acceptors (Lipinski definition) is 6. The first-order chi connectivity index (χ1) is 25.4. The van der Waals surface area contributed by atoms with Crippen molar-refractivity contribution in [1.82, 2.24) is 0 Å². The van der Waals surface area contributed by atoms with E-state index in [1.165, 1.54) is 22.3 Å². The largest absolute Gasteiger partial charge is 0.447 e. The minimum absolute atomic E-state index is 0.170. The molecule has 0 unspecified atom stereocenters. The summed E-state index contributed by atoms with van der Waals surface area (Å²) in [6, 6.07) is 20.9. The molecule has 55 heavy (non-hydrogen) atoms. The predicted molar refractivity (Wildman–Crippen MR) is 231 cm³/mol. The normalized spacial score (nSPS) is 15.1. The van der Waals surface area contributed by atoms with Crippen LogP contribution in [0, 0.1) is 27.7 Å². The van der Waals surface area contributed by atoms with Crippen LogP contribution in [0.4, 0.5) is 0 Å². The number of rotatable bonds is 2. The van der Waals surface area contributed by atoms with Gasteiger partial charge in [0.2, 0.25) is 0 Å². The zero-order valence-electron chi connectivity index (χ0n) is 36.0. The van der Waals surface area contributed by atoms with Gasteiger partial charge < -0.3 is 18.1 Å². The van der Waals surface area contributed by atoms with Gasteiger partial charge in [0.05, 0.1) is 0 Å². The van der Waals surface area contributed by atoms with Crippen molar-refractivity contribution in [2.75, 3.05) is 0 Å². The Morgan fingerprint density at radius 1 is 0.400 bits per heavy atom. The smallest absolute Gasteiger partial charge is 0.421 e. The molecule has 0 fully saturated rings. The number of nitrogens with zero attached hydrogens (tertiary/aromatic N) is 2. The zero-order chi connectivity index (χ0) is 40.4. The predicted octanol–water partition coefficient (Wildman–Crippen LogP) is 14.2. The Kier molecular flexibility index (Phi) is 10.9. The molecule has 0 amide bonds. The number of fused-ring (bicyclic) bond motifs is 4. The summed E-state index contributed by atoms with van der Waals surface area (Å²) in [6.45, 7) is 35.2. The van der Waals surface area contributed by atoms with E-state index < -0.39 is 17.1 Å². The Balaban J connectivity index is 1.53. The first kappa shape index (κ1) is 41.0. The Hall–Kier alpha value is -3.68. The molecule has 0 radical (unpaired) electrons. The van der Waals surface area contributed by atoms with Gasteiger partial charge in [0.15, 0.2) is 0 Å². The van der Waals surface area contributed by atoms with Crippen LogP contribution >= 0.6 is 17.1 Å². The van der Waals surface area contributed by atoms with Gasteiger partial charge in [-0.05, 0) is 71.6 Å². The summed E-state index contributed by atoms with van der Waals surface area (Å²) < 4.78 is 37.3. The molecule has 0 spiro atoms. The molecule has 292 valence electrons. The summed E-state index contributed by atoms with van der Waals surface area (Å²) in [6.07, 6.45) is 1.39. The van der Waals surface area contributed by atoms with Crippen LogP contribution in [-0.2, 0) is 34.5 Å². The van der Waals surface area contributed by atoms with Crippen molar-refractivity contribution in [3.63, 3.8) is 0 Å². The van der Waals surface area contributed by atoms with Gasteiger partial charge in [-0.1, -0.05) is 154 Å². The average molecular weight is 779 g/mol. The summed E-state index contributed by atoms with van der Waals surface area (Å²) >= 11 is 0. The molecule has 2 aliphatic rings. The van der Waals surface area contributed by atoms with Crippen LogP contribution in [-0.4, -0.2) is 6.01 Å². The zero-order valence-corrected chi connectivity index (χ0v) is 37.7. The van der Waals surface area contributed by atoms with Crippen molar-refractivity contribution in [3.8, 4) is 23.0 Å². The maximum absolute atomic E-state index is 6.88. The van der Waals surface area contributed by atoms with Crippen molar-refractivity contribution in [2.24, 2.45) is 9.53 Å². The molecule has 4 aromatic rings. The van der Waals surface area contributed by atoms with Crippen LogP contribution < -0.4 is 18.1 Å². The molecule has 6 rings (SSSR count). The standard InChI is InChI=1S/C47H60N2O4P2/c1-28-17-32-25-33-18-29(2)22-37(45(8,9)10)41(33)51-54(50-40(32)36(21-28)44(5,6)7)48-27-49-55-52-42-34(19-30(3)23-38(42)46(11,12)13)26-35-20-31(4)24-39(43(35)53-55)47(14,15)16/h17-24H,25-26H2,1-16H3. The summed E-state index contributed by atoms with van der Waals surface area (Å²) in [4.78, 5) is 0. The fourth-order valence-electron chi connectivity index (χ4n) is 7.51. The van der Waals surface area contributed by atoms with Gasteiger partial charge in [0, 0.05) is 35.1 Å². The maximum Gasteiger partial charge on any atom is 0.447 e. The lowest BCUT2D eigenvalue weighted by atomic mass is 9.81. The van der Waals surface area contributed by atoms with Crippen LogP contribution in [0.3, 0.4) is 0 Å². The molecule has 0 aromatic heterocycles. The van der Waals surface area contributed by atoms with Gasteiger partial charge in [-0.15, -0.1) is 9.53 Å². The van der Waals surface area contributed by atoms with Gasteiger partial charge >= 0.3 is 17.1 Å². The first-order valence-electron chi connectivity index (χ1n) is 19.4. The van der Waals surface area contributed by atoms with Gasteiger partial charge in [-0.25, -0.2) is 0 Å². The van der Waals surface area contributed by atoms with Crippen LogP contribution in [0.2, 0.25) is 0 Å². The highest BCUT2D eigenvalue weighted by Gasteiger charge is 2.34. The Morgan fingerprint density at radius 2 is 0.618 bits per heavy atom. The maximum atomic E-state index is 6.88. The third-order valence-corrected chi connectivity index (χ3v) is 12.0. The fourth-order valence-corrected chi connectivity index (χ4v) is 9.54. The quantitative estimate of drug-likeness (QED) is 0.150. The molecular formula is C47H60N2O4P2. The number of aryl methyl sites for hydroxylation is 4. The van der Waals surface area contributed by atoms with E-state index >= 15 is 0 Å². The van der Waals surface area contributed by atoms with Gasteiger partial charge in [0.1, 0.15) is 29.0 Å².